The fraction of sp³-hybridized carbons (Fsp3) is 0.333. The highest BCUT2D eigenvalue weighted by atomic mass is 16.3. The molecule has 5 heteroatoms. The number of nitrogens with one attached hydrogen (secondary N) is 1. The van der Waals surface area contributed by atoms with Crippen LogP contribution in [0.5, 0.6) is 0 Å². The molecule has 1 heterocycles. The van der Waals surface area contributed by atoms with Crippen LogP contribution < -0.4 is 5.32 Å². The van der Waals surface area contributed by atoms with Gasteiger partial charge in [-0.05, 0) is 5.56 Å². The first-order valence-corrected chi connectivity index (χ1v) is 5.54. The van der Waals surface area contributed by atoms with Crippen molar-refractivity contribution in [1.82, 2.24) is 20.3 Å². The van der Waals surface area contributed by atoms with Gasteiger partial charge in [0.15, 0.2) is 0 Å². The van der Waals surface area contributed by atoms with Crippen molar-refractivity contribution >= 4 is 0 Å². The smallest absolute Gasteiger partial charge is 0.0964 e. The topological polar surface area (TPSA) is 63.0 Å². The number of aliphatic hydroxyl groups excluding tert-OH is 1. The zero-order chi connectivity index (χ0) is 12.1. The van der Waals surface area contributed by atoms with Gasteiger partial charge < -0.3 is 10.4 Å². The largest absolute Gasteiger partial charge is 0.394 e. The van der Waals surface area contributed by atoms with Gasteiger partial charge in [-0.2, -0.15) is 0 Å². The molecule has 0 radical (unpaired) electrons. The summed E-state index contributed by atoms with van der Waals surface area (Å²) in [5.41, 5.74) is 1.93. The molecule has 17 heavy (non-hydrogen) atoms. The number of aliphatic hydroxyl groups is 1. The van der Waals surface area contributed by atoms with Gasteiger partial charge in [0, 0.05) is 19.8 Å². The van der Waals surface area contributed by atoms with Gasteiger partial charge in [-0.15, -0.1) is 5.10 Å². The van der Waals surface area contributed by atoms with Crippen LogP contribution in [0.25, 0.3) is 0 Å². The molecular weight excluding hydrogens is 216 g/mol. The summed E-state index contributed by atoms with van der Waals surface area (Å²) in [6.45, 7) is 0.651. The van der Waals surface area contributed by atoms with E-state index >= 15 is 0 Å². The maximum atomic E-state index is 9.36. The highest BCUT2D eigenvalue weighted by molar-refractivity contribution is 5.19. The van der Waals surface area contributed by atoms with Gasteiger partial charge in [-0.3, -0.25) is 4.68 Å². The third kappa shape index (κ3) is 3.12. The molecular formula is C12H16N4O. The molecule has 0 aliphatic carbocycles. The molecule has 2 aromatic rings. The number of rotatable bonds is 5. The molecule has 5 nitrogen and oxygen atoms in total. The molecule has 2 rings (SSSR count). The first-order chi connectivity index (χ1) is 8.29. The van der Waals surface area contributed by atoms with E-state index in [0.29, 0.717) is 6.54 Å². The maximum Gasteiger partial charge on any atom is 0.0964 e. The summed E-state index contributed by atoms with van der Waals surface area (Å²) in [5.74, 6) is 0. The Bertz CT molecular complexity index is 455. The van der Waals surface area contributed by atoms with Crippen LogP contribution in [0.4, 0.5) is 0 Å². The molecule has 1 atom stereocenters. The van der Waals surface area contributed by atoms with Gasteiger partial charge in [-0.1, -0.05) is 35.5 Å². The lowest BCUT2D eigenvalue weighted by Gasteiger charge is -2.15. The summed E-state index contributed by atoms with van der Waals surface area (Å²) < 4.78 is 1.66. The monoisotopic (exact) mass is 232 g/mol. The van der Waals surface area contributed by atoms with Crippen molar-refractivity contribution in [3.63, 3.8) is 0 Å². The number of benzene rings is 1. The molecule has 0 aliphatic rings. The first-order valence-electron chi connectivity index (χ1n) is 5.54. The summed E-state index contributed by atoms with van der Waals surface area (Å²) in [6.07, 6.45) is 1.85. The molecule has 90 valence electrons. The predicted octanol–water partition coefficient (Wildman–Crippen LogP) is 0.638. The molecule has 0 saturated carbocycles. The lowest BCUT2D eigenvalue weighted by Crippen LogP contribution is -2.24. The SMILES string of the molecule is Cn1cc(CN[C@@H](CO)c2ccccc2)nn1. The van der Waals surface area contributed by atoms with Gasteiger partial charge in [-0.25, -0.2) is 0 Å². The van der Waals surface area contributed by atoms with Crippen molar-refractivity contribution in [2.24, 2.45) is 7.05 Å². The van der Waals surface area contributed by atoms with Gasteiger partial charge in [0.25, 0.3) is 0 Å². The summed E-state index contributed by atoms with van der Waals surface area (Å²) in [6, 6.07) is 9.79. The quantitative estimate of drug-likeness (QED) is 0.794. The van der Waals surface area contributed by atoms with Crippen LogP contribution in [0.15, 0.2) is 36.5 Å². The van der Waals surface area contributed by atoms with E-state index in [4.69, 9.17) is 0 Å². The normalized spacial score (nSPS) is 12.6. The Balaban J connectivity index is 1.97. The molecule has 1 aromatic carbocycles. The Morgan fingerprint density at radius 1 is 1.35 bits per heavy atom. The first kappa shape index (κ1) is 11.8. The number of hydrogen-bond acceptors (Lipinski definition) is 4. The number of aromatic nitrogens is 3. The second-order valence-electron chi connectivity index (χ2n) is 3.91. The lowest BCUT2D eigenvalue weighted by atomic mass is 10.1. The van der Waals surface area contributed by atoms with Crippen LogP contribution in [0.2, 0.25) is 0 Å². The van der Waals surface area contributed by atoms with Gasteiger partial charge in [0.2, 0.25) is 0 Å². The van der Waals surface area contributed by atoms with Crippen LogP contribution in [0, 0.1) is 0 Å². The van der Waals surface area contributed by atoms with Crippen LogP contribution in [-0.4, -0.2) is 26.7 Å². The van der Waals surface area contributed by atoms with Gasteiger partial charge >= 0.3 is 0 Å². The summed E-state index contributed by atoms with van der Waals surface area (Å²) >= 11 is 0. The standard InChI is InChI=1S/C12H16N4O/c1-16-8-11(14-15-16)7-13-12(9-17)10-5-3-2-4-6-10/h2-6,8,12-13,17H,7,9H2,1H3/t12-/m0/s1. The number of aryl methyl sites for hydroxylation is 1. The molecule has 0 aliphatic heterocycles. The van der Waals surface area contributed by atoms with Crippen LogP contribution in [0.3, 0.4) is 0 Å². The minimum absolute atomic E-state index is 0.0598. The van der Waals surface area contributed by atoms with Crippen molar-refractivity contribution in [3.05, 3.63) is 47.8 Å². The van der Waals surface area contributed by atoms with Crippen molar-refractivity contribution in [2.75, 3.05) is 6.61 Å². The highest BCUT2D eigenvalue weighted by Gasteiger charge is 2.09. The fourth-order valence-corrected chi connectivity index (χ4v) is 1.68. The van der Waals surface area contributed by atoms with E-state index < -0.39 is 0 Å². The Kier molecular flexibility index (Phi) is 3.85. The molecule has 0 unspecified atom stereocenters. The zero-order valence-electron chi connectivity index (χ0n) is 9.74. The van der Waals surface area contributed by atoms with Crippen LogP contribution in [-0.2, 0) is 13.6 Å². The average molecular weight is 232 g/mol. The minimum atomic E-state index is -0.0711. The molecule has 0 spiro atoms. The predicted molar refractivity (Wildman–Crippen MR) is 64.1 cm³/mol. The Morgan fingerprint density at radius 3 is 2.71 bits per heavy atom. The molecule has 0 amide bonds. The molecule has 0 bridgehead atoms. The van der Waals surface area contributed by atoms with Crippen molar-refractivity contribution in [1.29, 1.82) is 0 Å². The lowest BCUT2D eigenvalue weighted by molar-refractivity contribution is 0.243. The van der Waals surface area contributed by atoms with E-state index in [1.165, 1.54) is 0 Å². The van der Waals surface area contributed by atoms with Crippen LogP contribution in [0.1, 0.15) is 17.3 Å². The number of hydrogen-bond donors (Lipinski definition) is 2. The Morgan fingerprint density at radius 2 is 2.12 bits per heavy atom. The average Bonchev–Trinajstić information content (AvgIpc) is 2.77. The second-order valence-corrected chi connectivity index (χ2v) is 3.91. The van der Waals surface area contributed by atoms with Gasteiger partial charge in [0.05, 0.1) is 18.3 Å². The van der Waals surface area contributed by atoms with Gasteiger partial charge in [0.1, 0.15) is 0 Å². The molecule has 1 aromatic heterocycles. The van der Waals surface area contributed by atoms with E-state index in [1.54, 1.807) is 4.68 Å². The van der Waals surface area contributed by atoms with E-state index in [2.05, 4.69) is 15.6 Å². The zero-order valence-corrected chi connectivity index (χ0v) is 9.74. The van der Waals surface area contributed by atoms with Crippen molar-refractivity contribution in [2.45, 2.75) is 12.6 Å². The Hall–Kier alpha value is -1.72. The van der Waals surface area contributed by atoms with Crippen molar-refractivity contribution < 1.29 is 5.11 Å². The van der Waals surface area contributed by atoms with Crippen molar-refractivity contribution in [3.8, 4) is 0 Å². The summed E-state index contributed by atoms with van der Waals surface area (Å²) in [5, 5.41) is 20.5. The number of nitrogens with zero attached hydrogens (tertiary/aromatic N) is 3. The fourth-order valence-electron chi connectivity index (χ4n) is 1.68. The minimum Gasteiger partial charge on any atom is -0.394 e. The second kappa shape index (κ2) is 5.56. The maximum absolute atomic E-state index is 9.36. The van der Waals surface area contributed by atoms with E-state index in [0.717, 1.165) is 11.3 Å². The van der Waals surface area contributed by atoms with E-state index in [1.807, 2.05) is 43.6 Å². The van der Waals surface area contributed by atoms with Crippen LogP contribution >= 0.6 is 0 Å². The summed E-state index contributed by atoms with van der Waals surface area (Å²) in [4.78, 5) is 0. The molecule has 0 saturated heterocycles. The molecule has 2 N–H and O–H groups in total. The summed E-state index contributed by atoms with van der Waals surface area (Å²) in [7, 11) is 1.83. The van der Waals surface area contributed by atoms with E-state index in [-0.39, 0.29) is 12.6 Å². The highest BCUT2D eigenvalue weighted by Crippen LogP contribution is 2.11. The van der Waals surface area contributed by atoms with E-state index in [9.17, 15) is 5.11 Å². The molecule has 0 fully saturated rings. The third-order valence-corrected chi connectivity index (χ3v) is 2.56. The third-order valence-electron chi connectivity index (χ3n) is 2.56. The Labute approximate surface area is 100 Å².